The zero-order valence-electron chi connectivity index (χ0n) is 10.8. The van der Waals surface area contributed by atoms with Crippen molar-refractivity contribution >= 4 is 17.3 Å². The Bertz CT molecular complexity index is 522. The number of nitrogen functional groups attached to an aromatic ring is 1. The fourth-order valence-electron chi connectivity index (χ4n) is 2.48. The number of nitrogens with two attached hydrogens (primary N) is 1. The van der Waals surface area contributed by atoms with Crippen LogP contribution in [0.25, 0.3) is 0 Å². The molecule has 0 saturated heterocycles. The van der Waals surface area contributed by atoms with Gasteiger partial charge in [-0.3, -0.25) is 14.9 Å². The number of hydrogen-bond acceptors (Lipinski definition) is 4. The van der Waals surface area contributed by atoms with Crippen molar-refractivity contribution in [2.24, 2.45) is 0 Å². The van der Waals surface area contributed by atoms with Crippen LogP contribution in [0.15, 0.2) is 18.2 Å². The second-order valence-corrected chi connectivity index (χ2v) is 5.25. The Hall–Kier alpha value is -2.11. The molecular formula is C13H17N3O3. The molecule has 1 aromatic rings. The van der Waals surface area contributed by atoms with Crippen molar-refractivity contribution in [3.05, 3.63) is 33.9 Å². The van der Waals surface area contributed by atoms with Gasteiger partial charge in [0.25, 0.3) is 11.6 Å². The van der Waals surface area contributed by atoms with Crippen molar-refractivity contribution in [3.8, 4) is 0 Å². The number of nitrogens with zero attached hydrogens (tertiary/aromatic N) is 1. The maximum atomic E-state index is 12.2. The van der Waals surface area contributed by atoms with E-state index >= 15 is 0 Å². The van der Waals surface area contributed by atoms with Gasteiger partial charge in [-0.2, -0.15) is 0 Å². The molecule has 6 heteroatoms. The zero-order chi connectivity index (χ0) is 14.0. The van der Waals surface area contributed by atoms with Crippen LogP contribution in [0.2, 0.25) is 0 Å². The van der Waals surface area contributed by atoms with Gasteiger partial charge in [0.05, 0.1) is 10.5 Å². The van der Waals surface area contributed by atoms with E-state index in [1.165, 1.54) is 18.2 Å². The SMILES string of the molecule is CC1(NC(=O)c2cc([N+](=O)[O-])ccc2N)CCCC1. The number of carbonyl (C=O) groups excluding carboxylic acids is 1. The topological polar surface area (TPSA) is 98.3 Å². The number of hydrogen-bond donors (Lipinski definition) is 2. The molecular weight excluding hydrogens is 246 g/mol. The zero-order valence-corrected chi connectivity index (χ0v) is 10.8. The number of carbonyl (C=O) groups is 1. The van der Waals surface area contributed by atoms with Gasteiger partial charge in [0, 0.05) is 23.4 Å². The van der Waals surface area contributed by atoms with Crippen molar-refractivity contribution in [3.63, 3.8) is 0 Å². The average molecular weight is 263 g/mol. The van der Waals surface area contributed by atoms with Gasteiger partial charge in [0.15, 0.2) is 0 Å². The molecule has 0 unspecified atom stereocenters. The Morgan fingerprint density at radius 1 is 1.42 bits per heavy atom. The van der Waals surface area contributed by atoms with Crippen molar-refractivity contribution in [1.29, 1.82) is 0 Å². The molecule has 2 rings (SSSR count). The van der Waals surface area contributed by atoms with Gasteiger partial charge >= 0.3 is 0 Å². The van der Waals surface area contributed by atoms with Gasteiger partial charge in [0.1, 0.15) is 0 Å². The first-order chi connectivity index (χ1) is 8.91. The summed E-state index contributed by atoms with van der Waals surface area (Å²) < 4.78 is 0. The lowest BCUT2D eigenvalue weighted by molar-refractivity contribution is -0.384. The highest BCUT2D eigenvalue weighted by Gasteiger charge is 2.31. The first kappa shape index (κ1) is 13.3. The van der Waals surface area contributed by atoms with Gasteiger partial charge in [-0.25, -0.2) is 0 Å². The van der Waals surface area contributed by atoms with Gasteiger partial charge < -0.3 is 11.1 Å². The molecule has 1 aromatic carbocycles. The Labute approximate surface area is 111 Å². The van der Waals surface area contributed by atoms with Crippen LogP contribution in [-0.4, -0.2) is 16.4 Å². The molecule has 1 aliphatic rings. The number of non-ortho nitro benzene ring substituents is 1. The van der Waals surface area contributed by atoms with E-state index in [0.717, 1.165) is 25.7 Å². The van der Waals surface area contributed by atoms with Crippen LogP contribution in [0, 0.1) is 10.1 Å². The largest absolute Gasteiger partial charge is 0.398 e. The Balaban J connectivity index is 2.23. The first-order valence-electron chi connectivity index (χ1n) is 6.28. The Morgan fingerprint density at radius 3 is 2.63 bits per heavy atom. The minimum atomic E-state index is -0.534. The monoisotopic (exact) mass is 263 g/mol. The van der Waals surface area contributed by atoms with E-state index < -0.39 is 4.92 Å². The molecule has 19 heavy (non-hydrogen) atoms. The van der Waals surface area contributed by atoms with E-state index in [4.69, 9.17) is 5.73 Å². The minimum absolute atomic E-state index is 0.129. The summed E-state index contributed by atoms with van der Waals surface area (Å²) in [6, 6.07) is 3.91. The van der Waals surface area contributed by atoms with E-state index in [-0.39, 0.29) is 28.4 Å². The van der Waals surface area contributed by atoms with Crippen LogP contribution in [0.4, 0.5) is 11.4 Å². The summed E-state index contributed by atoms with van der Waals surface area (Å²) in [5.41, 5.74) is 5.79. The van der Waals surface area contributed by atoms with E-state index in [9.17, 15) is 14.9 Å². The Morgan fingerprint density at radius 2 is 2.05 bits per heavy atom. The number of amides is 1. The number of nitro groups is 1. The maximum Gasteiger partial charge on any atom is 0.270 e. The average Bonchev–Trinajstić information content (AvgIpc) is 2.75. The predicted octanol–water partition coefficient (Wildman–Crippen LogP) is 2.24. The highest BCUT2D eigenvalue weighted by molar-refractivity contribution is 6.00. The van der Waals surface area contributed by atoms with Gasteiger partial charge in [0.2, 0.25) is 0 Å². The maximum absolute atomic E-state index is 12.2. The van der Waals surface area contributed by atoms with Gasteiger partial charge in [-0.05, 0) is 25.8 Å². The Kier molecular flexibility index (Phi) is 3.42. The summed E-state index contributed by atoms with van der Waals surface area (Å²) in [5.74, 6) is -0.342. The molecule has 1 aliphatic carbocycles. The molecule has 1 saturated carbocycles. The fourth-order valence-corrected chi connectivity index (χ4v) is 2.48. The lowest BCUT2D eigenvalue weighted by Gasteiger charge is -2.25. The number of benzene rings is 1. The third-order valence-corrected chi connectivity index (χ3v) is 3.61. The third kappa shape index (κ3) is 2.83. The van der Waals surface area contributed by atoms with Crippen LogP contribution in [0.1, 0.15) is 43.0 Å². The van der Waals surface area contributed by atoms with E-state index in [2.05, 4.69) is 5.32 Å². The number of nitrogens with one attached hydrogen (secondary N) is 1. The number of rotatable bonds is 3. The molecule has 1 fully saturated rings. The van der Waals surface area contributed by atoms with Gasteiger partial charge in [-0.1, -0.05) is 12.8 Å². The van der Waals surface area contributed by atoms with Crippen molar-refractivity contribution in [2.75, 3.05) is 5.73 Å². The molecule has 102 valence electrons. The first-order valence-corrected chi connectivity index (χ1v) is 6.28. The van der Waals surface area contributed by atoms with E-state index in [1.54, 1.807) is 0 Å². The van der Waals surface area contributed by atoms with E-state index in [0.29, 0.717) is 0 Å². The fraction of sp³-hybridized carbons (Fsp3) is 0.462. The second-order valence-electron chi connectivity index (χ2n) is 5.25. The van der Waals surface area contributed by atoms with Crippen molar-refractivity contribution < 1.29 is 9.72 Å². The molecule has 1 amide bonds. The summed E-state index contributed by atoms with van der Waals surface area (Å²) in [5, 5.41) is 13.7. The standard InChI is InChI=1S/C13H17N3O3/c1-13(6-2-3-7-13)15-12(17)10-8-9(16(18)19)4-5-11(10)14/h4-5,8H,2-3,6-7,14H2,1H3,(H,15,17). The summed E-state index contributed by atoms with van der Waals surface area (Å²) >= 11 is 0. The molecule has 0 spiro atoms. The van der Waals surface area contributed by atoms with E-state index in [1.807, 2.05) is 6.92 Å². The molecule has 0 aliphatic heterocycles. The summed E-state index contributed by atoms with van der Waals surface area (Å²) in [6.07, 6.45) is 4.02. The molecule has 0 radical (unpaired) electrons. The molecule has 6 nitrogen and oxygen atoms in total. The lowest BCUT2D eigenvalue weighted by atomic mass is 9.99. The molecule has 0 bridgehead atoms. The molecule has 0 aromatic heterocycles. The van der Waals surface area contributed by atoms with Crippen LogP contribution in [0.5, 0.6) is 0 Å². The molecule has 0 heterocycles. The predicted molar refractivity (Wildman–Crippen MR) is 71.8 cm³/mol. The summed E-state index contributed by atoms with van der Waals surface area (Å²) in [7, 11) is 0. The third-order valence-electron chi connectivity index (χ3n) is 3.61. The second kappa shape index (κ2) is 4.87. The van der Waals surface area contributed by atoms with Crippen LogP contribution >= 0.6 is 0 Å². The van der Waals surface area contributed by atoms with Crippen LogP contribution in [-0.2, 0) is 0 Å². The number of anilines is 1. The highest BCUT2D eigenvalue weighted by atomic mass is 16.6. The summed E-state index contributed by atoms with van der Waals surface area (Å²) in [6.45, 7) is 1.99. The lowest BCUT2D eigenvalue weighted by Crippen LogP contribution is -2.43. The van der Waals surface area contributed by atoms with Crippen molar-refractivity contribution in [1.82, 2.24) is 5.32 Å². The van der Waals surface area contributed by atoms with Crippen LogP contribution in [0.3, 0.4) is 0 Å². The quantitative estimate of drug-likeness (QED) is 0.496. The minimum Gasteiger partial charge on any atom is -0.398 e. The summed E-state index contributed by atoms with van der Waals surface area (Å²) in [4.78, 5) is 22.4. The smallest absolute Gasteiger partial charge is 0.270 e. The van der Waals surface area contributed by atoms with Crippen molar-refractivity contribution in [2.45, 2.75) is 38.1 Å². The normalized spacial score (nSPS) is 17.1. The highest BCUT2D eigenvalue weighted by Crippen LogP contribution is 2.30. The molecule has 3 N–H and O–H groups in total. The number of nitro benzene ring substituents is 1. The van der Waals surface area contributed by atoms with Crippen LogP contribution < -0.4 is 11.1 Å². The molecule has 0 atom stereocenters. The van der Waals surface area contributed by atoms with Gasteiger partial charge in [-0.15, -0.1) is 0 Å².